The van der Waals surface area contributed by atoms with Crippen molar-refractivity contribution in [2.24, 2.45) is 11.8 Å². The highest BCUT2D eigenvalue weighted by Crippen LogP contribution is 2.34. The molecule has 0 radical (unpaired) electrons. The normalized spacial score (nSPS) is 26.5. The van der Waals surface area contributed by atoms with E-state index >= 15 is 0 Å². The highest BCUT2D eigenvalue weighted by atomic mass is 32.2. The number of nitrogens with zero attached hydrogens (tertiary/aromatic N) is 4. The van der Waals surface area contributed by atoms with Crippen molar-refractivity contribution in [2.75, 3.05) is 37.3 Å². The number of fused-ring (bicyclic) bond motifs is 1. The minimum Gasteiger partial charge on any atom is -0.356 e. The lowest BCUT2D eigenvalue weighted by atomic mass is 9.92. The van der Waals surface area contributed by atoms with Gasteiger partial charge < -0.3 is 4.90 Å². The van der Waals surface area contributed by atoms with Crippen molar-refractivity contribution in [1.29, 1.82) is 0 Å². The number of aromatic nitrogens is 2. The van der Waals surface area contributed by atoms with Gasteiger partial charge in [0.25, 0.3) is 0 Å². The molecule has 22 heavy (non-hydrogen) atoms. The van der Waals surface area contributed by atoms with Gasteiger partial charge in [-0.3, -0.25) is 0 Å². The summed E-state index contributed by atoms with van der Waals surface area (Å²) >= 11 is 0. The summed E-state index contributed by atoms with van der Waals surface area (Å²) in [7, 11) is -3.06. The minimum absolute atomic E-state index is 0.000371. The van der Waals surface area contributed by atoms with Crippen LogP contribution in [0.2, 0.25) is 0 Å². The molecular formula is C15H24N4O2S. The SMILES string of the molecule is CC(C)(C)c1cc(N2CC3CN(S(C)(=O)=O)CC3C2)ncn1. The molecule has 6 nitrogen and oxygen atoms in total. The van der Waals surface area contributed by atoms with Crippen molar-refractivity contribution < 1.29 is 8.42 Å². The van der Waals surface area contributed by atoms with Crippen molar-refractivity contribution in [2.45, 2.75) is 26.2 Å². The molecule has 1 aromatic rings. The molecular weight excluding hydrogens is 300 g/mol. The van der Waals surface area contributed by atoms with Gasteiger partial charge in [0.05, 0.1) is 11.9 Å². The first-order valence-corrected chi connectivity index (χ1v) is 9.52. The summed E-state index contributed by atoms with van der Waals surface area (Å²) in [6.07, 6.45) is 2.93. The van der Waals surface area contributed by atoms with Gasteiger partial charge >= 0.3 is 0 Å². The Labute approximate surface area is 132 Å². The Morgan fingerprint density at radius 2 is 1.68 bits per heavy atom. The van der Waals surface area contributed by atoms with Crippen LogP contribution in [0.15, 0.2) is 12.4 Å². The van der Waals surface area contributed by atoms with E-state index in [1.165, 1.54) is 6.26 Å². The quantitative estimate of drug-likeness (QED) is 0.815. The summed E-state index contributed by atoms with van der Waals surface area (Å²) < 4.78 is 24.9. The van der Waals surface area contributed by atoms with Crippen LogP contribution in [0.25, 0.3) is 0 Å². The fourth-order valence-corrected chi connectivity index (χ4v) is 4.26. The molecule has 0 saturated carbocycles. The van der Waals surface area contributed by atoms with Crippen molar-refractivity contribution in [3.8, 4) is 0 Å². The molecule has 2 fully saturated rings. The molecule has 1 aromatic heterocycles. The van der Waals surface area contributed by atoms with Crippen molar-refractivity contribution in [3.63, 3.8) is 0 Å². The van der Waals surface area contributed by atoms with E-state index in [-0.39, 0.29) is 5.41 Å². The van der Waals surface area contributed by atoms with Crippen molar-refractivity contribution in [3.05, 3.63) is 18.1 Å². The minimum atomic E-state index is -3.06. The fraction of sp³-hybridized carbons (Fsp3) is 0.733. The second kappa shape index (κ2) is 5.16. The van der Waals surface area contributed by atoms with E-state index in [0.717, 1.165) is 24.6 Å². The fourth-order valence-electron chi connectivity index (χ4n) is 3.34. The van der Waals surface area contributed by atoms with Crippen molar-refractivity contribution in [1.82, 2.24) is 14.3 Å². The highest BCUT2D eigenvalue weighted by Gasteiger charge is 2.43. The van der Waals surface area contributed by atoms with Crippen LogP contribution in [0, 0.1) is 11.8 Å². The standard InChI is InChI=1S/C15H24N4O2S/c1-15(2,3)13-5-14(17-10-16-13)18-6-11-8-19(22(4,20)21)9-12(11)7-18/h5,10-12H,6-9H2,1-4H3. The Morgan fingerprint density at radius 3 is 2.18 bits per heavy atom. The van der Waals surface area contributed by atoms with Crippen LogP contribution in [-0.2, 0) is 15.4 Å². The smallest absolute Gasteiger partial charge is 0.211 e. The average Bonchev–Trinajstić information content (AvgIpc) is 2.95. The van der Waals surface area contributed by atoms with Crippen LogP contribution in [0.3, 0.4) is 0 Å². The van der Waals surface area contributed by atoms with E-state index in [1.54, 1.807) is 10.6 Å². The van der Waals surface area contributed by atoms with Crippen LogP contribution in [0.5, 0.6) is 0 Å². The summed E-state index contributed by atoms with van der Waals surface area (Å²) in [5.41, 5.74) is 1.03. The maximum absolute atomic E-state index is 11.7. The Kier molecular flexibility index (Phi) is 3.68. The van der Waals surface area contributed by atoms with E-state index < -0.39 is 10.0 Å². The molecule has 2 atom stereocenters. The number of rotatable bonds is 2. The van der Waals surface area contributed by atoms with Gasteiger partial charge in [-0.1, -0.05) is 20.8 Å². The average molecular weight is 324 g/mol. The number of sulfonamides is 1. The van der Waals surface area contributed by atoms with Crippen LogP contribution in [0.4, 0.5) is 5.82 Å². The Bertz CT molecular complexity index is 654. The third-order valence-corrected chi connectivity index (χ3v) is 5.90. The van der Waals surface area contributed by atoms with E-state index in [0.29, 0.717) is 24.9 Å². The van der Waals surface area contributed by atoms with Crippen LogP contribution in [0.1, 0.15) is 26.5 Å². The molecule has 2 unspecified atom stereocenters. The van der Waals surface area contributed by atoms with Crippen LogP contribution < -0.4 is 4.90 Å². The maximum Gasteiger partial charge on any atom is 0.211 e. The molecule has 0 N–H and O–H groups in total. The molecule has 2 aliphatic rings. The van der Waals surface area contributed by atoms with Gasteiger partial charge in [0.15, 0.2) is 0 Å². The van der Waals surface area contributed by atoms with Gasteiger partial charge in [-0.2, -0.15) is 0 Å². The van der Waals surface area contributed by atoms with Crippen molar-refractivity contribution >= 4 is 15.8 Å². The summed E-state index contributed by atoms with van der Waals surface area (Å²) in [4.78, 5) is 11.1. The zero-order valence-corrected chi connectivity index (χ0v) is 14.5. The van der Waals surface area contributed by atoms with Gasteiger partial charge in [-0.25, -0.2) is 22.7 Å². The molecule has 2 saturated heterocycles. The molecule has 3 rings (SSSR count). The lowest BCUT2D eigenvalue weighted by Gasteiger charge is -2.23. The second-order valence-electron chi connectivity index (χ2n) is 7.52. The van der Waals surface area contributed by atoms with E-state index in [9.17, 15) is 8.42 Å². The molecule has 0 aromatic carbocycles. The molecule has 7 heteroatoms. The largest absolute Gasteiger partial charge is 0.356 e. The Hall–Kier alpha value is -1.21. The van der Waals surface area contributed by atoms with Crippen LogP contribution in [-0.4, -0.2) is 55.1 Å². The Morgan fingerprint density at radius 1 is 1.09 bits per heavy atom. The van der Waals surface area contributed by atoms with Gasteiger partial charge in [0.1, 0.15) is 12.1 Å². The third kappa shape index (κ3) is 2.96. The molecule has 2 aliphatic heterocycles. The topological polar surface area (TPSA) is 66.4 Å². The number of hydrogen-bond donors (Lipinski definition) is 0. The molecule has 122 valence electrons. The Balaban J connectivity index is 1.74. The zero-order chi connectivity index (χ0) is 16.1. The molecule has 0 aliphatic carbocycles. The summed E-state index contributed by atoms with van der Waals surface area (Å²) in [5.74, 6) is 1.77. The second-order valence-corrected chi connectivity index (χ2v) is 9.50. The van der Waals surface area contributed by atoms with Gasteiger partial charge in [0, 0.05) is 37.7 Å². The molecule has 3 heterocycles. The molecule has 0 spiro atoms. The highest BCUT2D eigenvalue weighted by molar-refractivity contribution is 7.88. The number of hydrogen-bond acceptors (Lipinski definition) is 5. The monoisotopic (exact) mass is 324 g/mol. The predicted octanol–water partition coefficient (Wildman–Crippen LogP) is 1.10. The first kappa shape index (κ1) is 15.7. The van der Waals surface area contributed by atoms with Gasteiger partial charge in [0.2, 0.25) is 10.0 Å². The third-order valence-electron chi connectivity index (χ3n) is 4.67. The predicted molar refractivity (Wildman–Crippen MR) is 86.3 cm³/mol. The summed E-state index contributed by atoms with van der Waals surface area (Å²) in [5, 5.41) is 0. The number of anilines is 1. The zero-order valence-electron chi connectivity index (χ0n) is 13.7. The first-order chi connectivity index (χ1) is 10.1. The van der Waals surface area contributed by atoms with Crippen LogP contribution >= 0.6 is 0 Å². The van der Waals surface area contributed by atoms with E-state index in [2.05, 4.69) is 41.7 Å². The summed E-state index contributed by atoms with van der Waals surface area (Å²) in [6.45, 7) is 9.44. The van der Waals surface area contributed by atoms with Gasteiger partial charge in [-0.05, 0) is 11.8 Å². The lowest BCUT2D eigenvalue weighted by Crippen LogP contribution is -2.32. The van der Waals surface area contributed by atoms with E-state index in [4.69, 9.17) is 0 Å². The van der Waals surface area contributed by atoms with E-state index in [1.807, 2.05) is 0 Å². The maximum atomic E-state index is 11.7. The summed E-state index contributed by atoms with van der Waals surface area (Å²) in [6, 6.07) is 2.06. The lowest BCUT2D eigenvalue weighted by molar-refractivity contribution is 0.458. The molecule has 0 amide bonds. The molecule has 0 bridgehead atoms. The first-order valence-electron chi connectivity index (χ1n) is 7.67. The van der Waals surface area contributed by atoms with Gasteiger partial charge in [-0.15, -0.1) is 0 Å².